The predicted octanol–water partition coefficient (Wildman–Crippen LogP) is 5.52. The Balaban J connectivity index is 0.00000254. The van der Waals surface area contributed by atoms with Gasteiger partial charge in [0.25, 0.3) is 0 Å². The number of hydrogen-bond donors (Lipinski definition) is 2. The Morgan fingerprint density at radius 2 is 1.62 bits per heavy atom. The van der Waals surface area contributed by atoms with E-state index in [0.717, 1.165) is 18.5 Å². The first-order valence-corrected chi connectivity index (χ1v) is 8.95. The molecule has 1 amide bonds. The van der Waals surface area contributed by atoms with Gasteiger partial charge in [0, 0.05) is 17.8 Å². The summed E-state index contributed by atoms with van der Waals surface area (Å²) >= 11 is 0. The van der Waals surface area contributed by atoms with Crippen LogP contribution in [0.3, 0.4) is 0 Å². The molecule has 1 aromatic rings. The molecule has 0 radical (unpaired) electrons. The normalized spacial score (nSPS) is 13.2. The third kappa shape index (κ3) is 9.43. The van der Waals surface area contributed by atoms with Crippen LogP contribution < -0.4 is 10.6 Å². The summed E-state index contributed by atoms with van der Waals surface area (Å²) < 4.78 is 5.25. The molecule has 1 aromatic carbocycles. The molecule has 1 rings (SSSR count). The van der Waals surface area contributed by atoms with Crippen molar-refractivity contribution in [3.05, 3.63) is 29.8 Å². The van der Waals surface area contributed by atoms with Crippen LogP contribution in [0.5, 0.6) is 0 Å². The minimum atomic E-state index is -0.460. The summed E-state index contributed by atoms with van der Waals surface area (Å²) in [4.78, 5) is 11.7. The molecule has 1 unspecified atom stereocenters. The molecular formula is C20H36N2O2. The van der Waals surface area contributed by atoms with Crippen molar-refractivity contribution in [3.63, 3.8) is 0 Å². The van der Waals surface area contributed by atoms with Crippen LogP contribution in [-0.4, -0.2) is 23.8 Å². The molecule has 1 atom stereocenters. The van der Waals surface area contributed by atoms with E-state index in [-0.39, 0.29) is 11.6 Å². The molecule has 0 aliphatic carbocycles. The van der Waals surface area contributed by atoms with E-state index in [4.69, 9.17) is 4.74 Å². The summed E-state index contributed by atoms with van der Waals surface area (Å²) in [6, 6.07) is 8.36. The van der Waals surface area contributed by atoms with Gasteiger partial charge < -0.3 is 15.4 Å². The van der Waals surface area contributed by atoms with E-state index in [0.29, 0.717) is 6.54 Å². The van der Waals surface area contributed by atoms with Crippen LogP contribution in [0.15, 0.2) is 24.3 Å². The predicted molar refractivity (Wildman–Crippen MR) is 104 cm³/mol. The molecule has 4 nitrogen and oxygen atoms in total. The fourth-order valence-electron chi connectivity index (χ4n) is 2.07. The van der Waals surface area contributed by atoms with Crippen molar-refractivity contribution in [2.24, 2.45) is 0 Å². The average molecular weight is 337 g/mol. The van der Waals surface area contributed by atoms with Crippen LogP contribution in [0.4, 0.5) is 10.5 Å². The monoisotopic (exact) mass is 336 g/mol. The molecule has 0 heterocycles. The Morgan fingerprint density at radius 3 is 2.08 bits per heavy atom. The Hall–Kier alpha value is -1.71. The molecule has 0 saturated heterocycles. The summed E-state index contributed by atoms with van der Waals surface area (Å²) in [7, 11) is 0. The molecule has 24 heavy (non-hydrogen) atoms. The van der Waals surface area contributed by atoms with Crippen LogP contribution in [0.1, 0.15) is 66.9 Å². The largest absolute Gasteiger partial charge is 0.444 e. The van der Waals surface area contributed by atoms with E-state index in [1.807, 2.05) is 34.6 Å². The number of carbonyl (C=O) groups is 1. The number of hydrogen-bond acceptors (Lipinski definition) is 3. The van der Waals surface area contributed by atoms with Crippen molar-refractivity contribution in [3.8, 4) is 0 Å². The summed E-state index contributed by atoms with van der Waals surface area (Å²) in [5.74, 6) is 0. The summed E-state index contributed by atoms with van der Waals surface area (Å²) in [5.41, 5.74) is 1.82. The minimum Gasteiger partial charge on any atom is -0.444 e. The van der Waals surface area contributed by atoms with Crippen molar-refractivity contribution in [1.82, 2.24) is 5.32 Å². The number of ether oxygens (including phenoxy) is 1. The molecule has 0 aliphatic rings. The third-order valence-electron chi connectivity index (χ3n) is 3.62. The summed E-state index contributed by atoms with van der Waals surface area (Å²) in [5, 5.41) is 6.39. The lowest BCUT2D eigenvalue weighted by Gasteiger charge is -2.31. The number of nitrogens with one attached hydrogen (secondary N) is 2. The van der Waals surface area contributed by atoms with Gasteiger partial charge in [-0.1, -0.05) is 38.5 Å². The van der Waals surface area contributed by atoms with E-state index in [9.17, 15) is 4.79 Å². The van der Waals surface area contributed by atoms with Gasteiger partial charge in [0.1, 0.15) is 5.60 Å². The van der Waals surface area contributed by atoms with Crippen molar-refractivity contribution < 1.29 is 9.53 Å². The first-order valence-electron chi connectivity index (χ1n) is 8.95. The second kappa shape index (κ2) is 10.2. The lowest BCUT2D eigenvalue weighted by molar-refractivity contribution is 0.0525. The van der Waals surface area contributed by atoms with Crippen LogP contribution >= 0.6 is 0 Å². The Bertz CT molecular complexity index is 477. The van der Waals surface area contributed by atoms with Gasteiger partial charge in [-0.05, 0) is 59.6 Å². The molecular weight excluding hydrogens is 300 g/mol. The summed E-state index contributed by atoms with van der Waals surface area (Å²) in [6.45, 7) is 16.6. The first-order chi connectivity index (χ1) is 11.1. The molecule has 2 N–H and O–H groups in total. The molecule has 0 bridgehead atoms. The molecule has 0 fully saturated rings. The number of carbonyl (C=O) groups excluding carboxylic acids is 1. The minimum absolute atomic E-state index is 0.0652. The number of amides is 1. The van der Waals surface area contributed by atoms with Crippen molar-refractivity contribution in [2.75, 3.05) is 11.9 Å². The second-order valence-corrected chi connectivity index (χ2v) is 7.08. The zero-order chi connectivity index (χ0) is 18.8. The van der Waals surface area contributed by atoms with Gasteiger partial charge in [-0.3, -0.25) is 0 Å². The van der Waals surface area contributed by atoms with Gasteiger partial charge in [-0.2, -0.15) is 0 Å². The van der Waals surface area contributed by atoms with Gasteiger partial charge in [0.05, 0.1) is 0 Å². The molecule has 0 saturated carbocycles. The van der Waals surface area contributed by atoms with Gasteiger partial charge in [0.2, 0.25) is 0 Å². The van der Waals surface area contributed by atoms with E-state index in [2.05, 4.69) is 55.7 Å². The zero-order valence-electron chi connectivity index (χ0n) is 16.7. The van der Waals surface area contributed by atoms with Gasteiger partial charge >= 0.3 is 6.09 Å². The lowest BCUT2D eigenvalue weighted by Crippen LogP contribution is -2.40. The number of benzene rings is 1. The molecule has 0 spiro atoms. The average Bonchev–Trinajstić information content (AvgIpc) is 2.50. The van der Waals surface area contributed by atoms with Crippen molar-refractivity contribution in [2.45, 2.75) is 79.4 Å². The standard InChI is InChI=1S/C18H30N2O2.C2H6/c1-7-18(6,20-15-10-8-14(2)9-11-15)12-13-19-16(21)22-17(3,4)5;1-2/h8-11,20H,7,12-13H2,1-6H3,(H,19,21);1-2H3. The Kier molecular flexibility index (Phi) is 9.49. The van der Waals surface area contributed by atoms with Crippen LogP contribution in [0.2, 0.25) is 0 Å². The first kappa shape index (κ1) is 22.3. The number of anilines is 1. The molecule has 0 aromatic heterocycles. The fourth-order valence-corrected chi connectivity index (χ4v) is 2.07. The highest BCUT2D eigenvalue weighted by molar-refractivity contribution is 5.67. The fraction of sp³-hybridized carbons (Fsp3) is 0.650. The van der Waals surface area contributed by atoms with Gasteiger partial charge in [0.15, 0.2) is 0 Å². The van der Waals surface area contributed by atoms with Gasteiger partial charge in [-0.25, -0.2) is 4.79 Å². The van der Waals surface area contributed by atoms with E-state index in [1.54, 1.807) is 0 Å². The van der Waals surface area contributed by atoms with Crippen molar-refractivity contribution >= 4 is 11.8 Å². The van der Waals surface area contributed by atoms with Crippen LogP contribution in [0, 0.1) is 6.92 Å². The number of aryl methyl sites for hydroxylation is 1. The number of rotatable bonds is 6. The molecule has 4 heteroatoms. The maximum absolute atomic E-state index is 11.7. The molecule has 0 aliphatic heterocycles. The lowest BCUT2D eigenvalue weighted by atomic mass is 9.94. The van der Waals surface area contributed by atoms with Crippen LogP contribution in [0.25, 0.3) is 0 Å². The quantitative estimate of drug-likeness (QED) is 0.719. The highest BCUT2D eigenvalue weighted by atomic mass is 16.6. The summed E-state index contributed by atoms with van der Waals surface area (Å²) in [6.07, 6.45) is 1.44. The van der Waals surface area contributed by atoms with Crippen molar-refractivity contribution in [1.29, 1.82) is 0 Å². The van der Waals surface area contributed by atoms with Gasteiger partial charge in [-0.15, -0.1) is 0 Å². The van der Waals surface area contributed by atoms with Crippen LogP contribution in [-0.2, 0) is 4.74 Å². The topological polar surface area (TPSA) is 50.4 Å². The Labute approximate surface area is 148 Å². The molecule has 138 valence electrons. The van der Waals surface area contributed by atoms with E-state index >= 15 is 0 Å². The SMILES string of the molecule is CC.CCC(C)(CCNC(=O)OC(C)(C)C)Nc1ccc(C)cc1. The zero-order valence-corrected chi connectivity index (χ0v) is 16.7. The second-order valence-electron chi connectivity index (χ2n) is 7.08. The maximum Gasteiger partial charge on any atom is 0.407 e. The third-order valence-corrected chi connectivity index (χ3v) is 3.62. The van der Waals surface area contributed by atoms with E-state index < -0.39 is 5.60 Å². The van der Waals surface area contributed by atoms with E-state index in [1.165, 1.54) is 5.56 Å². The Morgan fingerprint density at radius 1 is 1.08 bits per heavy atom. The highest BCUT2D eigenvalue weighted by Gasteiger charge is 2.22. The smallest absolute Gasteiger partial charge is 0.407 e. The number of alkyl carbamates (subject to hydrolysis) is 1. The highest BCUT2D eigenvalue weighted by Crippen LogP contribution is 2.22. The maximum atomic E-state index is 11.7.